The maximum Gasteiger partial charge on any atom is 0.261 e. The number of anilines is 1. The van der Waals surface area contributed by atoms with Crippen LogP contribution >= 0.6 is 11.6 Å². The van der Waals surface area contributed by atoms with Crippen LogP contribution in [0.1, 0.15) is 46.4 Å². The Labute approximate surface area is 183 Å². The zero-order chi connectivity index (χ0) is 20.9. The number of rotatable bonds is 8. The van der Waals surface area contributed by atoms with Crippen molar-refractivity contribution in [2.45, 2.75) is 25.7 Å². The molecule has 0 radical (unpaired) electrons. The fraction of sp³-hybridized carbons (Fsp3) is 0.417. The van der Waals surface area contributed by atoms with Gasteiger partial charge in [-0.1, -0.05) is 48.7 Å². The number of imide groups is 1. The number of hydrogen-bond acceptors (Lipinski definition) is 4. The molecule has 2 heterocycles. The number of fused-ring (bicyclic) bond motifs is 1. The third-order valence-electron chi connectivity index (χ3n) is 6.05. The van der Waals surface area contributed by atoms with E-state index in [0.717, 1.165) is 69.1 Å². The second-order valence-electron chi connectivity index (χ2n) is 8.00. The summed E-state index contributed by atoms with van der Waals surface area (Å²) >= 11 is 6.32. The van der Waals surface area contributed by atoms with Gasteiger partial charge in [-0.3, -0.25) is 19.4 Å². The first-order valence-electron chi connectivity index (χ1n) is 10.8. The number of carbonyl (C=O) groups is 2. The van der Waals surface area contributed by atoms with E-state index in [-0.39, 0.29) is 11.8 Å². The summed E-state index contributed by atoms with van der Waals surface area (Å²) in [6, 6.07) is 15.1. The van der Waals surface area contributed by atoms with Crippen LogP contribution in [0.3, 0.4) is 0 Å². The zero-order valence-corrected chi connectivity index (χ0v) is 18.0. The summed E-state index contributed by atoms with van der Waals surface area (Å²) in [7, 11) is 0. The number of unbranched alkanes of at least 4 members (excludes halogenated alkanes) is 3. The number of halogens is 1. The van der Waals surface area contributed by atoms with Gasteiger partial charge in [0.15, 0.2) is 0 Å². The van der Waals surface area contributed by atoms with Crippen LogP contribution in [0.4, 0.5) is 5.69 Å². The summed E-state index contributed by atoms with van der Waals surface area (Å²) in [6.07, 6.45) is 4.17. The Morgan fingerprint density at radius 1 is 0.700 bits per heavy atom. The molecule has 6 heteroatoms. The second-order valence-corrected chi connectivity index (χ2v) is 8.41. The molecule has 0 aliphatic carbocycles. The lowest BCUT2D eigenvalue weighted by Crippen LogP contribution is -2.46. The molecule has 0 atom stereocenters. The van der Waals surface area contributed by atoms with Crippen LogP contribution in [0.15, 0.2) is 48.5 Å². The van der Waals surface area contributed by atoms with Crippen molar-refractivity contribution >= 4 is 29.1 Å². The second kappa shape index (κ2) is 9.63. The molecule has 0 N–H and O–H groups in total. The van der Waals surface area contributed by atoms with Gasteiger partial charge < -0.3 is 4.90 Å². The minimum Gasteiger partial charge on any atom is -0.368 e. The first kappa shape index (κ1) is 20.9. The molecule has 4 rings (SSSR count). The molecule has 2 aliphatic rings. The molecular weight excluding hydrogens is 398 g/mol. The number of para-hydroxylation sites is 1. The monoisotopic (exact) mass is 425 g/mol. The van der Waals surface area contributed by atoms with E-state index >= 15 is 0 Å². The van der Waals surface area contributed by atoms with Crippen LogP contribution in [-0.4, -0.2) is 60.9 Å². The normalized spacial score (nSPS) is 17.0. The summed E-state index contributed by atoms with van der Waals surface area (Å²) in [5.41, 5.74) is 2.21. The maximum atomic E-state index is 12.4. The summed E-state index contributed by atoms with van der Waals surface area (Å²) in [4.78, 5) is 31.0. The number of nitrogens with zero attached hydrogens (tertiary/aromatic N) is 3. The van der Waals surface area contributed by atoms with E-state index in [4.69, 9.17) is 11.6 Å². The Kier molecular flexibility index (Phi) is 6.70. The molecule has 0 saturated carbocycles. The molecule has 1 saturated heterocycles. The topological polar surface area (TPSA) is 43.9 Å². The Morgan fingerprint density at radius 3 is 1.90 bits per heavy atom. The summed E-state index contributed by atoms with van der Waals surface area (Å²) < 4.78 is 0. The molecule has 158 valence electrons. The predicted octanol–water partition coefficient (Wildman–Crippen LogP) is 4.32. The standard InChI is InChI=1S/C24H28ClN3O2/c25-21-11-5-6-12-22(21)27-17-15-26(16-18-27)13-7-1-2-8-14-28-23(29)19-9-3-4-10-20(19)24(28)30/h3-6,9-12H,1-2,7-8,13-18H2. The quantitative estimate of drug-likeness (QED) is 0.466. The van der Waals surface area contributed by atoms with E-state index in [1.54, 1.807) is 12.1 Å². The van der Waals surface area contributed by atoms with E-state index < -0.39 is 0 Å². The van der Waals surface area contributed by atoms with Crippen LogP contribution < -0.4 is 4.90 Å². The molecule has 5 nitrogen and oxygen atoms in total. The highest BCUT2D eigenvalue weighted by Crippen LogP contribution is 2.26. The van der Waals surface area contributed by atoms with Gasteiger partial charge in [0.25, 0.3) is 11.8 Å². The van der Waals surface area contributed by atoms with Gasteiger partial charge in [-0.15, -0.1) is 0 Å². The fourth-order valence-electron chi connectivity index (χ4n) is 4.32. The molecule has 0 unspecified atom stereocenters. The lowest BCUT2D eigenvalue weighted by atomic mass is 10.1. The molecule has 2 amide bonds. The lowest BCUT2D eigenvalue weighted by molar-refractivity contribution is 0.0651. The van der Waals surface area contributed by atoms with Crippen LogP contribution in [0.25, 0.3) is 0 Å². The number of piperazine rings is 1. The molecule has 1 fully saturated rings. The molecule has 2 aromatic carbocycles. The van der Waals surface area contributed by atoms with Gasteiger partial charge in [0.2, 0.25) is 0 Å². The maximum absolute atomic E-state index is 12.4. The third-order valence-corrected chi connectivity index (χ3v) is 6.37. The number of carbonyl (C=O) groups excluding carboxylic acids is 2. The third kappa shape index (κ3) is 4.52. The molecule has 2 aliphatic heterocycles. The first-order chi connectivity index (χ1) is 14.6. The van der Waals surface area contributed by atoms with Crippen LogP contribution in [0, 0.1) is 0 Å². The largest absolute Gasteiger partial charge is 0.368 e. The first-order valence-corrected chi connectivity index (χ1v) is 11.2. The minimum atomic E-state index is -0.146. The Balaban J connectivity index is 1.12. The van der Waals surface area contributed by atoms with Gasteiger partial charge in [-0.2, -0.15) is 0 Å². The van der Waals surface area contributed by atoms with Gasteiger partial charge in [0.05, 0.1) is 21.8 Å². The molecule has 0 spiro atoms. The van der Waals surface area contributed by atoms with E-state index in [0.29, 0.717) is 17.7 Å². The van der Waals surface area contributed by atoms with Crippen LogP contribution in [-0.2, 0) is 0 Å². The summed E-state index contributed by atoms with van der Waals surface area (Å²) in [5, 5.41) is 0.823. The molecule has 30 heavy (non-hydrogen) atoms. The average molecular weight is 426 g/mol. The molecule has 0 bridgehead atoms. The van der Waals surface area contributed by atoms with Crippen LogP contribution in [0.2, 0.25) is 5.02 Å². The number of benzene rings is 2. The van der Waals surface area contributed by atoms with Gasteiger partial charge in [-0.05, 0) is 43.7 Å². The van der Waals surface area contributed by atoms with Crippen molar-refractivity contribution in [2.75, 3.05) is 44.2 Å². The summed E-state index contributed by atoms with van der Waals surface area (Å²) in [6.45, 7) is 5.74. The zero-order valence-electron chi connectivity index (χ0n) is 17.2. The highest BCUT2D eigenvalue weighted by Gasteiger charge is 2.34. The Hall–Kier alpha value is -2.37. The number of hydrogen-bond donors (Lipinski definition) is 0. The lowest BCUT2D eigenvalue weighted by Gasteiger charge is -2.36. The SMILES string of the molecule is O=C1c2ccccc2C(=O)N1CCCCCCN1CCN(c2ccccc2Cl)CC1. The Bertz CT molecular complexity index is 874. The van der Waals surface area contributed by atoms with Gasteiger partial charge in [0.1, 0.15) is 0 Å². The molecular formula is C24H28ClN3O2. The van der Waals surface area contributed by atoms with E-state index in [1.807, 2.05) is 30.3 Å². The van der Waals surface area contributed by atoms with Crippen molar-refractivity contribution in [3.8, 4) is 0 Å². The minimum absolute atomic E-state index is 0.146. The highest BCUT2D eigenvalue weighted by molar-refractivity contribution is 6.33. The fourth-order valence-corrected chi connectivity index (χ4v) is 4.58. The smallest absolute Gasteiger partial charge is 0.261 e. The van der Waals surface area contributed by atoms with Crippen molar-refractivity contribution in [3.63, 3.8) is 0 Å². The Morgan fingerprint density at radius 2 is 1.27 bits per heavy atom. The van der Waals surface area contributed by atoms with E-state index in [2.05, 4.69) is 15.9 Å². The van der Waals surface area contributed by atoms with Gasteiger partial charge in [-0.25, -0.2) is 0 Å². The van der Waals surface area contributed by atoms with E-state index in [9.17, 15) is 9.59 Å². The van der Waals surface area contributed by atoms with E-state index in [1.165, 1.54) is 4.90 Å². The van der Waals surface area contributed by atoms with Crippen molar-refractivity contribution in [1.29, 1.82) is 0 Å². The average Bonchev–Trinajstić information content (AvgIpc) is 3.02. The molecule has 0 aromatic heterocycles. The predicted molar refractivity (Wildman–Crippen MR) is 120 cm³/mol. The van der Waals surface area contributed by atoms with Crippen molar-refractivity contribution in [2.24, 2.45) is 0 Å². The van der Waals surface area contributed by atoms with Crippen molar-refractivity contribution in [3.05, 3.63) is 64.7 Å². The number of amides is 2. The summed E-state index contributed by atoms with van der Waals surface area (Å²) in [5.74, 6) is -0.293. The van der Waals surface area contributed by atoms with Gasteiger partial charge >= 0.3 is 0 Å². The molecule has 2 aromatic rings. The van der Waals surface area contributed by atoms with Crippen molar-refractivity contribution in [1.82, 2.24) is 9.80 Å². The van der Waals surface area contributed by atoms with Crippen molar-refractivity contribution < 1.29 is 9.59 Å². The van der Waals surface area contributed by atoms with Gasteiger partial charge in [0, 0.05) is 32.7 Å². The highest BCUT2D eigenvalue weighted by atomic mass is 35.5. The van der Waals surface area contributed by atoms with Crippen LogP contribution in [0.5, 0.6) is 0 Å².